The van der Waals surface area contributed by atoms with Gasteiger partial charge in [0, 0.05) is 6.54 Å². The molecular formula is C6H8ClN3OS. The molecule has 6 heteroatoms. The summed E-state index contributed by atoms with van der Waals surface area (Å²) in [6.07, 6.45) is 0.936. The molecule has 1 N–H and O–H groups in total. The fourth-order valence-electron chi connectivity index (χ4n) is 0.634. The van der Waals surface area contributed by atoms with Crippen LogP contribution in [0.3, 0.4) is 0 Å². The van der Waals surface area contributed by atoms with Gasteiger partial charge < -0.3 is 5.32 Å². The van der Waals surface area contributed by atoms with Gasteiger partial charge in [-0.2, -0.15) is 8.75 Å². The Morgan fingerprint density at radius 1 is 1.58 bits per heavy atom. The zero-order chi connectivity index (χ0) is 8.97. The number of rotatable bonds is 3. The Balaban J connectivity index is 2.85. The van der Waals surface area contributed by atoms with E-state index >= 15 is 0 Å². The first-order chi connectivity index (χ1) is 5.75. The highest BCUT2D eigenvalue weighted by atomic mass is 35.5. The van der Waals surface area contributed by atoms with Gasteiger partial charge in [0.05, 0.1) is 11.7 Å². The molecule has 0 aliphatic carbocycles. The molecule has 0 aliphatic heterocycles. The minimum atomic E-state index is -0.330. The lowest BCUT2D eigenvalue weighted by molar-refractivity contribution is 0.970. The van der Waals surface area contributed by atoms with Gasteiger partial charge in [0.1, 0.15) is 0 Å². The summed E-state index contributed by atoms with van der Waals surface area (Å²) in [7, 11) is 0. The highest BCUT2D eigenvalue weighted by molar-refractivity contribution is 6.99. The van der Waals surface area contributed by atoms with Crippen LogP contribution in [0.15, 0.2) is 4.79 Å². The Kier molecular flexibility index (Phi) is 3.43. The average Bonchev–Trinajstić information content (AvgIpc) is 2.08. The third kappa shape index (κ3) is 2.15. The van der Waals surface area contributed by atoms with Crippen LogP contribution in [0.25, 0.3) is 0 Å². The summed E-state index contributed by atoms with van der Waals surface area (Å²) in [6.45, 7) is 2.72. The maximum atomic E-state index is 11.2. The van der Waals surface area contributed by atoms with Crippen LogP contribution in [-0.4, -0.2) is 15.3 Å². The van der Waals surface area contributed by atoms with E-state index in [0.29, 0.717) is 5.82 Å². The summed E-state index contributed by atoms with van der Waals surface area (Å²) in [5, 5.41) is 2.85. The lowest BCUT2D eigenvalue weighted by Gasteiger charge is -1.99. The second kappa shape index (κ2) is 4.37. The fourth-order valence-corrected chi connectivity index (χ4v) is 1.24. The molecule has 0 aliphatic rings. The molecule has 12 heavy (non-hydrogen) atoms. The van der Waals surface area contributed by atoms with Gasteiger partial charge in [-0.05, 0) is 6.42 Å². The predicted molar refractivity (Wildman–Crippen MR) is 50.0 cm³/mol. The van der Waals surface area contributed by atoms with Crippen LogP contribution < -0.4 is 10.7 Å². The predicted octanol–water partition coefficient (Wildman–Crippen LogP) is 1.37. The maximum absolute atomic E-state index is 11.2. The van der Waals surface area contributed by atoms with E-state index in [2.05, 4.69) is 14.1 Å². The fraction of sp³-hybridized carbons (Fsp3) is 0.500. The molecule has 0 atom stereocenters. The Bertz CT molecular complexity index is 314. The zero-order valence-electron chi connectivity index (χ0n) is 6.50. The summed E-state index contributed by atoms with van der Waals surface area (Å²) in [4.78, 5) is 11.2. The summed E-state index contributed by atoms with van der Waals surface area (Å²) in [5.74, 6) is 0.293. The largest absolute Gasteiger partial charge is 0.366 e. The molecule has 0 spiro atoms. The number of aromatic nitrogens is 2. The zero-order valence-corrected chi connectivity index (χ0v) is 8.08. The molecule has 1 rings (SSSR count). The Hall–Kier alpha value is -0.680. The molecule has 1 aromatic rings. The molecule has 0 saturated carbocycles. The van der Waals surface area contributed by atoms with Crippen LogP contribution >= 0.6 is 23.3 Å². The van der Waals surface area contributed by atoms with E-state index in [0.717, 1.165) is 24.7 Å². The molecule has 0 saturated heterocycles. The summed E-state index contributed by atoms with van der Waals surface area (Å²) in [6, 6.07) is 0. The van der Waals surface area contributed by atoms with Gasteiger partial charge in [0.15, 0.2) is 11.0 Å². The Morgan fingerprint density at radius 2 is 2.33 bits per heavy atom. The molecule has 1 aromatic heterocycles. The maximum Gasteiger partial charge on any atom is 0.259 e. The normalized spacial score (nSPS) is 9.83. The first-order valence-electron chi connectivity index (χ1n) is 3.52. The van der Waals surface area contributed by atoms with Gasteiger partial charge >= 0.3 is 0 Å². The number of halogens is 1. The molecule has 0 aromatic carbocycles. The summed E-state index contributed by atoms with van der Waals surface area (Å²) < 4.78 is 7.39. The van der Waals surface area contributed by atoms with Crippen molar-refractivity contribution in [2.24, 2.45) is 0 Å². The van der Waals surface area contributed by atoms with E-state index in [4.69, 9.17) is 11.6 Å². The third-order valence-electron chi connectivity index (χ3n) is 1.20. The molecule has 0 bridgehead atoms. The monoisotopic (exact) mass is 205 g/mol. The van der Waals surface area contributed by atoms with Crippen LogP contribution in [0.1, 0.15) is 13.3 Å². The quantitative estimate of drug-likeness (QED) is 0.810. The molecule has 0 amide bonds. The van der Waals surface area contributed by atoms with E-state index < -0.39 is 0 Å². The minimum Gasteiger partial charge on any atom is -0.366 e. The van der Waals surface area contributed by atoms with E-state index in [1.807, 2.05) is 6.92 Å². The smallest absolute Gasteiger partial charge is 0.259 e. The second-order valence-electron chi connectivity index (χ2n) is 2.16. The lowest BCUT2D eigenvalue weighted by atomic mass is 10.5. The SMILES string of the molecule is CCCNc1nsnc(Cl)c1=O. The standard InChI is InChI=1S/C6H8ClN3OS/c1-2-3-8-6-4(11)5(7)9-12-10-6/h2-3H2,1H3,(H,8,10). The van der Waals surface area contributed by atoms with Crippen molar-refractivity contribution >= 4 is 29.1 Å². The molecule has 66 valence electrons. The van der Waals surface area contributed by atoms with Crippen LogP contribution in [-0.2, 0) is 0 Å². The van der Waals surface area contributed by atoms with E-state index in [-0.39, 0.29) is 10.6 Å². The van der Waals surface area contributed by atoms with Crippen molar-refractivity contribution in [2.45, 2.75) is 13.3 Å². The van der Waals surface area contributed by atoms with Gasteiger partial charge in [-0.15, -0.1) is 0 Å². The summed E-state index contributed by atoms with van der Waals surface area (Å²) in [5.41, 5.74) is -0.330. The lowest BCUT2D eigenvalue weighted by Crippen LogP contribution is -2.14. The molecular weight excluding hydrogens is 198 g/mol. The second-order valence-corrected chi connectivity index (χ2v) is 3.05. The van der Waals surface area contributed by atoms with Gasteiger partial charge in [-0.3, -0.25) is 4.79 Å². The first-order valence-corrected chi connectivity index (χ1v) is 4.62. The van der Waals surface area contributed by atoms with Gasteiger partial charge in [-0.25, -0.2) is 0 Å². The van der Waals surface area contributed by atoms with Crippen molar-refractivity contribution in [3.63, 3.8) is 0 Å². The van der Waals surface area contributed by atoms with E-state index in [9.17, 15) is 4.79 Å². The first kappa shape index (κ1) is 9.41. The van der Waals surface area contributed by atoms with Crippen LogP contribution in [0, 0.1) is 0 Å². The number of hydrogen-bond donors (Lipinski definition) is 1. The van der Waals surface area contributed by atoms with Crippen LogP contribution in [0.4, 0.5) is 5.82 Å². The van der Waals surface area contributed by atoms with Gasteiger partial charge in [0.2, 0.25) is 0 Å². The number of hydrogen-bond acceptors (Lipinski definition) is 5. The van der Waals surface area contributed by atoms with Gasteiger partial charge in [0.25, 0.3) is 5.43 Å². The molecule has 1 heterocycles. The molecule has 0 radical (unpaired) electrons. The molecule has 0 fully saturated rings. The van der Waals surface area contributed by atoms with Crippen molar-refractivity contribution < 1.29 is 0 Å². The Morgan fingerprint density at radius 3 is 3.00 bits per heavy atom. The molecule has 4 nitrogen and oxygen atoms in total. The van der Waals surface area contributed by atoms with E-state index in [1.54, 1.807) is 0 Å². The number of anilines is 1. The third-order valence-corrected chi connectivity index (χ3v) is 2.08. The highest BCUT2D eigenvalue weighted by Gasteiger charge is 2.04. The minimum absolute atomic E-state index is 0.0198. The average molecular weight is 206 g/mol. The number of nitrogens with zero attached hydrogens (tertiary/aromatic N) is 2. The van der Waals surface area contributed by atoms with Crippen molar-refractivity contribution in [1.29, 1.82) is 0 Å². The van der Waals surface area contributed by atoms with Crippen LogP contribution in [0.5, 0.6) is 0 Å². The van der Waals surface area contributed by atoms with Crippen molar-refractivity contribution in [2.75, 3.05) is 11.9 Å². The van der Waals surface area contributed by atoms with Crippen molar-refractivity contribution in [3.8, 4) is 0 Å². The van der Waals surface area contributed by atoms with Crippen LogP contribution in [0.2, 0.25) is 5.15 Å². The van der Waals surface area contributed by atoms with Crippen molar-refractivity contribution in [1.82, 2.24) is 8.75 Å². The van der Waals surface area contributed by atoms with E-state index in [1.165, 1.54) is 0 Å². The van der Waals surface area contributed by atoms with Gasteiger partial charge in [-0.1, -0.05) is 18.5 Å². The number of nitrogens with one attached hydrogen (secondary N) is 1. The Labute approximate surface area is 78.9 Å². The van der Waals surface area contributed by atoms with Crippen molar-refractivity contribution in [3.05, 3.63) is 15.4 Å². The highest BCUT2D eigenvalue weighted by Crippen LogP contribution is 2.02. The topological polar surface area (TPSA) is 54.9 Å². The molecule has 0 unspecified atom stereocenters. The summed E-state index contributed by atoms with van der Waals surface area (Å²) >= 11 is 6.43.